The van der Waals surface area contributed by atoms with E-state index in [2.05, 4.69) is 19.4 Å². The number of sulfonamides is 1. The van der Waals surface area contributed by atoms with Crippen molar-refractivity contribution in [3.63, 3.8) is 0 Å². The first-order chi connectivity index (χ1) is 11.3. The van der Waals surface area contributed by atoms with Crippen LogP contribution in [0.25, 0.3) is 0 Å². The molecule has 2 aromatic rings. The SMILES string of the molecule is COc1cc(NS(=O)(=O)c2cccnc2Cl)cnc1COC(N)=O. The number of nitrogens with one attached hydrogen (secondary N) is 1. The number of rotatable bonds is 6. The van der Waals surface area contributed by atoms with Crippen molar-refractivity contribution in [2.24, 2.45) is 5.73 Å². The second-order valence-electron chi connectivity index (χ2n) is 4.38. The highest BCUT2D eigenvalue weighted by molar-refractivity contribution is 7.92. The molecular formula is C13H13ClN4O5S. The molecule has 0 radical (unpaired) electrons. The normalized spacial score (nSPS) is 10.9. The number of halogens is 1. The summed E-state index contributed by atoms with van der Waals surface area (Å²) in [5, 5.41) is -0.156. The summed E-state index contributed by atoms with van der Waals surface area (Å²) in [4.78, 5) is 18.2. The molecule has 0 aliphatic heterocycles. The van der Waals surface area contributed by atoms with Gasteiger partial charge in [0.25, 0.3) is 10.0 Å². The van der Waals surface area contributed by atoms with E-state index in [0.29, 0.717) is 0 Å². The van der Waals surface area contributed by atoms with Crippen molar-refractivity contribution in [3.8, 4) is 5.75 Å². The Bertz CT molecular complexity index is 859. The van der Waals surface area contributed by atoms with Crippen LogP contribution in [0.4, 0.5) is 10.5 Å². The van der Waals surface area contributed by atoms with E-state index in [-0.39, 0.29) is 33.8 Å². The van der Waals surface area contributed by atoms with Crippen molar-refractivity contribution in [1.82, 2.24) is 9.97 Å². The molecule has 0 saturated carbocycles. The van der Waals surface area contributed by atoms with Gasteiger partial charge < -0.3 is 15.2 Å². The highest BCUT2D eigenvalue weighted by Crippen LogP contribution is 2.25. The number of hydrogen-bond donors (Lipinski definition) is 2. The van der Waals surface area contributed by atoms with Crippen LogP contribution in [0.2, 0.25) is 5.15 Å². The average Bonchev–Trinajstić information content (AvgIpc) is 2.53. The summed E-state index contributed by atoms with van der Waals surface area (Å²) in [5.41, 5.74) is 5.29. The Morgan fingerprint density at radius 2 is 2.17 bits per heavy atom. The number of carbonyl (C=O) groups is 1. The van der Waals surface area contributed by atoms with Gasteiger partial charge in [0.1, 0.15) is 28.1 Å². The van der Waals surface area contributed by atoms with Crippen LogP contribution in [0.1, 0.15) is 5.69 Å². The number of primary amides is 1. The molecule has 0 spiro atoms. The van der Waals surface area contributed by atoms with E-state index in [1.54, 1.807) is 0 Å². The Morgan fingerprint density at radius 3 is 2.79 bits per heavy atom. The molecule has 0 aliphatic rings. The third-order valence-corrected chi connectivity index (χ3v) is 4.59. The van der Waals surface area contributed by atoms with E-state index >= 15 is 0 Å². The van der Waals surface area contributed by atoms with Crippen LogP contribution in [-0.4, -0.2) is 31.6 Å². The minimum absolute atomic E-state index is 0.134. The second kappa shape index (κ2) is 7.32. The van der Waals surface area contributed by atoms with Crippen LogP contribution in [0.5, 0.6) is 5.75 Å². The Labute approximate surface area is 142 Å². The van der Waals surface area contributed by atoms with Gasteiger partial charge in [0.05, 0.1) is 19.0 Å². The zero-order valence-corrected chi connectivity index (χ0v) is 14.0. The van der Waals surface area contributed by atoms with Gasteiger partial charge in [-0.25, -0.2) is 18.2 Å². The van der Waals surface area contributed by atoms with E-state index in [1.165, 1.54) is 37.7 Å². The topological polar surface area (TPSA) is 134 Å². The fourth-order valence-electron chi connectivity index (χ4n) is 1.74. The van der Waals surface area contributed by atoms with Gasteiger partial charge in [0, 0.05) is 12.3 Å². The predicted molar refractivity (Wildman–Crippen MR) is 85.2 cm³/mol. The highest BCUT2D eigenvalue weighted by Gasteiger charge is 2.19. The van der Waals surface area contributed by atoms with Crippen molar-refractivity contribution in [1.29, 1.82) is 0 Å². The third-order valence-electron chi connectivity index (χ3n) is 2.77. The van der Waals surface area contributed by atoms with E-state index < -0.39 is 16.1 Å². The van der Waals surface area contributed by atoms with Crippen molar-refractivity contribution in [2.45, 2.75) is 11.5 Å². The number of hydrogen-bond acceptors (Lipinski definition) is 7. The van der Waals surface area contributed by atoms with E-state index in [0.717, 1.165) is 0 Å². The predicted octanol–water partition coefficient (Wildman–Crippen LogP) is 1.53. The second-order valence-corrected chi connectivity index (χ2v) is 6.39. The summed E-state index contributed by atoms with van der Waals surface area (Å²) in [6.45, 7) is -0.208. The van der Waals surface area contributed by atoms with Crippen LogP contribution < -0.4 is 15.2 Å². The summed E-state index contributed by atoms with van der Waals surface area (Å²) in [5.74, 6) is 0.216. The lowest BCUT2D eigenvalue weighted by Gasteiger charge is -2.12. The Balaban J connectivity index is 2.27. The van der Waals surface area contributed by atoms with E-state index in [4.69, 9.17) is 22.1 Å². The zero-order valence-electron chi connectivity index (χ0n) is 12.4. The molecule has 2 aromatic heterocycles. The smallest absolute Gasteiger partial charge is 0.404 e. The Kier molecular flexibility index (Phi) is 5.42. The van der Waals surface area contributed by atoms with Crippen LogP contribution in [0, 0.1) is 0 Å². The number of nitrogens with two attached hydrogens (primary N) is 1. The lowest BCUT2D eigenvalue weighted by Crippen LogP contribution is -2.15. The molecule has 0 saturated heterocycles. The Hall–Kier alpha value is -2.59. The number of aromatic nitrogens is 2. The molecule has 9 nitrogen and oxygen atoms in total. The molecule has 0 bridgehead atoms. The number of pyridine rings is 2. The third kappa shape index (κ3) is 4.24. The van der Waals surface area contributed by atoms with Gasteiger partial charge in [0.15, 0.2) is 0 Å². The van der Waals surface area contributed by atoms with Crippen LogP contribution >= 0.6 is 11.6 Å². The minimum atomic E-state index is -3.95. The molecule has 24 heavy (non-hydrogen) atoms. The van der Waals surface area contributed by atoms with Crippen molar-refractivity contribution < 1.29 is 22.7 Å². The molecule has 11 heteroatoms. The van der Waals surface area contributed by atoms with Crippen molar-refractivity contribution >= 4 is 33.4 Å². The standard InChI is InChI=1S/C13H13ClN4O5S/c1-22-10-5-8(6-17-9(10)7-23-13(15)19)18-24(20,21)11-3-2-4-16-12(11)14/h2-6,18H,7H2,1H3,(H2,15,19). The zero-order chi connectivity index (χ0) is 17.7. The van der Waals surface area contributed by atoms with Gasteiger partial charge in [-0.1, -0.05) is 11.6 Å². The molecule has 3 N–H and O–H groups in total. The van der Waals surface area contributed by atoms with E-state index in [9.17, 15) is 13.2 Å². The van der Waals surface area contributed by atoms with Crippen molar-refractivity contribution in [3.05, 3.63) is 41.4 Å². The number of carbonyl (C=O) groups excluding carboxylic acids is 1. The van der Waals surface area contributed by atoms with Gasteiger partial charge in [0.2, 0.25) is 0 Å². The number of nitrogens with zero attached hydrogens (tertiary/aromatic N) is 2. The lowest BCUT2D eigenvalue weighted by atomic mass is 10.3. The molecule has 1 amide bonds. The number of amides is 1. The molecule has 0 unspecified atom stereocenters. The molecular weight excluding hydrogens is 360 g/mol. The van der Waals surface area contributed by atoms with Crippen LogP contribution in [0.15, 0.2) is 35.5 Å². The van der Waals surface area contributed by atoms with E-state index in [1.807, 2.05) is 0 Å². The largest absolute Gasteiger partial charge is 0.495 e. The summed E-state index contributed by atoms with van der Waals surface area (Å²) in [6.07, 6.45) is 1.65. The quantitative estimate of drug-likeness (QED) is 0.734. The molecule has 0 atom stereocenters. The van der Waals surface area contributed by atoms with Crippen LogP contribution in [0.3, 0.4) is 0 Å². The number of ether oxygens (including phenoxy) is 2. The maximum atomic E-state index is 12.3. The number of anilines is 1. The first kappa shape index (κ1) is 17.8. The summed E-state index contributed by atoms with van der Waals surface area (Å²) < 4.78 is 36.7. The fraction of sp³-hybridized carbons (Fsp3) is 0.154. The fourth-order valence-corrected chi connectivity index (χ4v) is 3.22. The van der Waals surface area contributed by atoms with Gasteiger partial charge >= 0.3 is 6.09 Å². The highest BCUT2D eigenvalue weighted by atomic mass is 35.5. The van der Waals surface area contributed by atoms with Gasteiger partial charge in [-0.3, -0.25) is 9.71 Å². The Morgan fingerprint density at radius 1 is 1.42 bits per heavy atom. The number of methoxy groups -OCH3 is 1. The maximum absolute atomic E-state index is 12.3. The maximum Gasteiger partial charge on any atom is 0.404 e. The summed E-state index contributed by atoms with van der Waals surface area (Å²) in [6, 6.07) is 4.15. The summed E-state index contributed by atoms with van der Waals surface area (Å²) >= 11 is 5.80. The van der Waals surface area contributed by atoms with Crippen LogP contribution in [-0.2, 0) is 21.4 Å². The molecule has 0 aromatic carbocycles. The molecule has 128 valence electrons. The molecule has 0 aliphatic carbocycles. The first-order valence-corrected chi connectivity index (χ1v) is 8.28. The molecule has 2 heterocycles. The van der Waals surface area contributed by atoms with Crippen molar-refractivity contribution in [2.75, 3.05) is 11.8 Å². The minimum Gasteiger partial charge on any atom is -0.495 e. The molecule has 0 fully saturated rings. The van der Waals surface area contributed by atoms with Gasteiger partial charge in [-0.05, 0) is 12.1 Å². The molecule has 2 rings (SSSR count). The monoisotopic (exact) mass is 372 g/mol. The van der Waals surface area contributed by atoms with Gasteiger partial charge in [-0.15, -0.1) is 0 Å². The first-order valence-electron chi connectivity index (χ1n) is 6.42. The summed E-state index contributed by atoms with van der Waals surface area (Å²) in [7, 11) is -2.59. The average molecular weight is 373 g/mol. The lowest BCUT2D eigenvalue weighted by molar-refractivity contribution is 0.147. The van der Waals surface area contributed by atoms with Gasteiger partial charge in [-0.2, -0.15) is 0 Å².